The summed E-state index contributed by atoms with van der Waals surface area (Å²) in [6.45, 7) is 5.66. The molecular formula is C27H33N3O3S. The van der Waals surface area contributed by atoms with E-state index in [2.05, 4.69) is 19.2 Å². The Morgan fingerprint density at radius 2 is 1.71 bits per heavy atom. The lowest BCUT2D eigenvalue weighted by Gasteiger charge is -2.29. The minimum absolute atomic E-state index is 0.00350. The van der Waals surface area contributed by atoms with E-state index in [1.54, 1.807) is 35.5 Å². The summed E-state index contributed by atoms with van der Waals surface area (Å²) in [6, 6.07) is 20.9. The first-order valence-electron chi connectivity index (χ1n) is 11.5. The van der Waals surface area contributed by atoms with Crippen molar-refractivity contribution in [2.75, 3.05) is 25.5 Å². The monoisotopic (exact) mass is 479 g/mol. The number of benzene rings is 2. The summed E-state index contributed by atoms with van der Waals surface area (Å²) in [7, 11) is 1.57. The van der Waals surface area contributed by atoms with Gasteiger partial charge in [-0.05, 0) is 35.1 Å². The minimum atomic E-state index is -0.311. The summed E-state index contributed by atoms with van der Waals surface area (Å²) in [5, 5.41) is 4.93. The van der Waals surface area contributed by atoms with Gasteiger partial charge in [0.15, 0.2) is 0 Å². The van der Waals surface area contributed by atoms with E-state index in [1.165, 1.54) is 0 Å². The smallest absolute Gasteiger partial charge is 0.322 e. The van der Waals surface area contributed by atoms with Crippen LogP contribution in [0.5, 0.6) is 5.75 Å². The van der Waals surface area contributed by atoms with Crippen molar-refractivity contribution in [3.05, 3.63) is 82.6 Å². The zero-order valence-corrected chi connectivity index (χ0v) is 20.9. The maximum atomic E-state index is 13.5. The summed E-state index contributed by atoms with van der Waals surface area (Å²) >= 11 is 1.62. The lowest BCUT2D eigenvalue weighted by molar-refractivity contribution is -0.133. The topological polar surface area (TPSA) is 61.9 Å². The van der Waals surface area contributed by atoms with Crippen LogP contribution in [0.15, 0.2) is 72.1 Å². The van der Waals surface area contributed by atoms with E-state index in [1.807, 2.05) is 64.9 Å². The third-order valence-corrected chi connectivity index (χ3v) is 6.55. The van der Waals surface area contributed by atoms with E-state index in [4.69, 9.17) is 4.74 Å². The first-order chi connectivity index (χ1) is 16.5. The predicted molar refractivity (Wildman–Crippen MR) is 138 cm³/mol. The van der Waals surface area contributed by atoms with Crippen molar-refractivity contribution in [2.45, 2.75) is 33.4 Å². The fourth-order valence-corrected chi connectivity index (χ4v) is 4.28. The van der Waals surface area contributed by atoms with Gasteiger partial charge in [0, 0.05) is 18.0 Å². The van der Waals surface area contributed by atoms with Crippen LogP contribution in [0.25, 0.3) is 0 Å². The normalized spacial score (nSPS) is 11.5. The molecule has 0 aliphatic carbocycles. The summed E-state index contributed by atoms with van der Waals surface area (Å²) in [6.07, 6.45) is 0.912. The molecule has 1 heterocycles. The number of amides is 3. The Labute approximate surface area is 206 Å². The molecule has 0 spiro atoms. The molecule has 2 aromatic carbocycles. The van der Waals surface area contributed by atoms with Gasteiger partial charge in [0.05, 0.1) is 19.3 Å². The van der Waals surface area contributed by atoms with Crippen LogP contribution >= 0.6 is 11.3 Å². The summed E-state index contributed by atoms with van der Waals surface area (Å²) in [5.74, 6) is 0.751. The Bertz CT molecular complexity index is 1040. The molecule has 0 aliphatic rings. The number of rotatable bonds is 11. The Morgan fingerprint density at radius 3 is 2.38 bits per heavy atom. The number of ether oxygens (including phenoxy) is 1. The minimum Gasteiger partial charge on any atom is -0.495 e. The van der Waals surface area contributed by atoms with Gasteiger partial charge in [0.25, 0.3) is 0 Å². The molecule has 7 heteroatoms. The predicted octanol–water partition coefficient (Wildman–Crippen LogP) is 5.87. The average Bonchev–Trinajstić information content (AvgIpc) is 3.37. The number of methoxy groups -OCH3 is 1. The lowest BCUT2D eigenvalue weighted by Crippen LogP contribution is -2.45. The fourth-order valence-electron chi connectivity index (χ4n) is 3.56. The van der Waals surface area contributed by atoms with Crippen LogP contribution in [0.3, 0.4) is 0 Å². The van der Waals surface area contributed by atoms with Crippen LogP contribution in [0.1, 0.15) is 30.7 Å². The number of carbonyl (C=O) groups is 2. The second-order valence-corrected chi connectivity index (χ2v) is 9.37. The molecule has 34 heavy (non-hydrogen) atoms. The molecule has 0 aliphatic heterocycles. The van der Waals surface area contributed by atoms with Gasteiger partial charge in [0.2, 0.25) is 5.91 Å². The standard InChI is InChI=1S/C27H33N3O3S/c1-4-21(2)17-30(27(32)28-24-14-8-9-15-25(24)33-3)20-26(31)29(19-23-13-10-16-34-23)18-22-11-6-5-7-12-22/h5-16,21H,4,17-20H2,1-3H3,(H,28,32). The van der Waals surface area contributed by atoms with Crippen molar-refractivity contribution < 1.29 is 14.3 Å². The number of nitrogens with zero attached hydrogens (tertiary/aromatic N) is 2. The molecule has 1 aromatic heterocycles. The fraction of sp³-hybridized carbons (Fsp3) is 0.333. The number of urea groups is 1. The van der Waals surface area contributed by atoms with Crippen LogP contribution in [0.4, 0.5) is 10.5 Å². The lowest BCUT2D eigenvalue weighted by atomic mass is 10.1. The second-order valence-electron chi connectivity index (χ2n) is 8.34. The number of para-hydroxylation sites is 2. The number of thiophene rings is 1. The van der Waals surface area contributed by atoms with Crippen LogP contribution in [0.2, 0.25) is 0 Å². The summed E-state index contributed by atoms with van der Waals surface area (Å²) in [5.41, 5.74) is 1.63. The highest BCUT2D eigenvalue weighted by Gasteiger charge is 2.24. The van der Waals surface area contributed by atoms with Crippen molar-refractivity contribution in [1.29, 1.82) is 0 Å². The molecule has 3 rings (SSSR count). The Hall–Kier alpha value is -3.32. The maximum absolute atomic E-state index is 13.5. The highest BCUT2D eigenvalue weighted by Crippen LogP contribution is 2.24. The Kier molecular flexibility index (Phi) is 9.52. The molecule has 1 N–H and O–H groups in total. The van der Waals surface area contributed by atoms with Crippen molar-refractivity contribution in [3.8, 4) is 5.75 Å². The molecule has 0 fully saturated rings. The SMILES string of the molecule is CCC(C)CN(CC(=O)N(Cc1ccccc1)Cc1cccs1)C(=O)Nc1ccccc1OC. The van der Waals surface area contributed by atoms with E-state index in [0.717, 1.165) is 16.9 Å². The van der Waals surface area contributed by atoms with Crippen molar-refractivity contribution in [3.63, 3.8) is 0 Å². The first kappa shape index (κ1) is 25.3. The van der Waals surface area contributed by atoms with Crippen molar-refractivity contribution in [1.82, 2.24) is 9.80 Å². The van der Waals surface area contributed by atoms with Gasteiger partial charge in [-0.3, -0.25) is 4.79 Å². The zero-order chi connectivity index (χ0) is 24.3. The van der Waals surface area contributed by atoms with Gasteiger partial charge in [-0.1, -0.05) is 68.8 Å². The second kappa shape index (κ2) is 12.8. The molecule has 0 radical (unpaired) electrons. The van der Waals surface area contributed by atoms with Gasteiger partial charge < -0.3 is 19.9 Å². The van der Waals surface area contributed by atoms with E-state index < -0.39 is 0 Å². The number of carbonyl (C=O) groups excluding carboxylic acids is 2. The van der Waals surface area contributed by atoms with E-state index >= 15 is 0 Å². The molecule has 1 unspecified atom stereocenters. The first-order valence-corrected chi connectivity index (χ1v) is 12.4. The molecule has 180 valence electrons. The third-order valence-electron chi connectivity index (χ3n) is 5.69. The third kappa shape index (κ3) is 7.35. The van der Waals surface area contributed by atoms with E-state index in [-0.39, 0.29) is 24.4 Å². The van der Waals surface area contributed by atoms with E-state index in [9.17, 15) is 9.59 Å². The van der Waals surface area contributed by atoms with Gasteiger partial charge in [-0.2, -0.15) is 0 Å². The maximum Gasteiger partial charge on any atom is 0.322 e. The van der Waals surface area contributed by atoms with Gasteiger partial charge in [0.1, 0.15) is 12.3 Å². The quantitative estimate of drug-likeness (QED) is 0.374. The Balaban J connectivity index is 1.78. The largest absolute Gasteiger partial charge is 0.495 e. The number of nitrogens with one attached hydrogen (secondary N) is 1. The molecule has 0 bridgehead atoms. The van der Waals surface area contributed by atoms with Gasteiger partial charge >= 0.3 is 6.03 Å². The summed E-state index contributed by atoms with van der Waals surface area (Å²) in [4.78, 5) is 31.3. The van der Waals surface area contributed by atoms with E-state index in [0.29, 0.717) is 31.1 Å². The highest BCUT2D eigenvalue weighted by atomic mass is 32.1. The molecule has 1 atom stereocenters. The van der Waals surface area contributed by atoms with Gasteiger partial charge in [-0.15, -0.1) is 11.3 Å². The molecule has 3 amide bonds. The molecule has 0 saturated heterocycles. The van der Waals surface area contributed by atoms with Gasteiger partial charge in [-0.25, -0.2) is 4.79 Å². The van der Waals surface area contributed by atoms with Crippen LogP contribution in [-0.2, 0) is 17.9 Å². The molecular weight excluding hydrogens is 446 g/mol. The number of hydrogen-bond acceptors (Lipinski definition) is 4. The number of hydrogen-bond donors (Lipinski definition) is 1. The van der Waals surface area contributed by atoms with Crippen molar-refractivity contribution >= 4 is 29.0 Å². The Morgan fingerprint density at radius 1 is 0.971 bits per heavy atom. The zero-order valence-electron chi connectivity index (χ0n) is 20.1. The van der Waals surface area contributed by atoms with Crippen molar-refractivity contribution in [2.24, 2.45) is 5.92 Å². The highest BCUT2D eigenvalue weighted by molar-refractivity contribution is 7.09. The molecule has 0 saturated carbocycles. The van der Waals surface area contributed by atoms with Crippen LogP contribution in [0, 0.1) is 5.92 Å². The molecule has 6 nitrogen and oxygen atoms in total. The molecule has 3 aromatic rings. The van der Waals surface area contributed by atoms with Crippen LogP contribution in [-0.4, -0.2) is 41.9 Å². The average molecular weight is 480 g/mol. The summed E-state index contributed by atoms with van der Waals surface area (Å²) < 4.78 is 5.37. The van der Waals surface area contributed by atoms with Crippen LogP contribution < -0.4 is 10.1 Å². The number of anilines is 1.